The summed E-state index contributed by atoms with van der Waals surface area (Å²) in [7, 11) is -0.933. The van der Waals surface area contributed by atoms with Crippen LogP contribution in [0.15, 0.2) is 24.4 Å². The summed E-state index contributed by atoms with van der Waals surface area (Å²) in [5.74, 6) is 1.87. The topological polar surface area (TPSA) is 138 Å². The van der Waals surface area contributed by atoms with Crippen molar-refractivity contribution in [2.45, 2.75) is 0 Å². The highest BCUT2D eigenvalue weighted by Crippen LogP contribution is 2.36. The first-order chi connectivity index (χ1) is 15.0. The smallest absolute Gasteiger partial charge is 0.349 e. The number of carbonyl (C=O) groups excluding carboxylic acids is 1. The zero-order valence-corrected chi connectivity index (χ0v) is 17.5. The number of nitrogens with one attached hydrogen (secondary N) is 1. The Morgan fingerprint density at radius 3 is 2.42 bits per heavy atom. The number of pyridine rings is 1. The number of anilines is 4. The van der Waals surface area contributed by atoms with Gasteiger partial charge in [0.05, 0.1) is 4.92 Å². The van der Waals surface area contributed by atoms with Gasteiger partial charge in [0.2, 0.25) is 24.0 Å². The summed E-state index contributed by atoms with van der Waals surface area (Å²) in [5, 5.41) is 15.0. The van der Waals surface area contributed by atoms with Crippen molar-refractivity contribution < 1.29 is 13.9 Å². The van der Waals surface area contributed by atoms with Gasteiger partial charge >= 0.3 is 5.69 Å². The molecule has 0 aromatic carbocycles. The van der Waals surface area contributed by atoms with Crippen molar-refractivity contribution >= 4 is 46.3 Å². The number of piperazine rings is 1. The van der Waals surface area contributed by atoms with Crippen molar-refractivity contribution in [1.29, 1.82) is 0 Å². The molecule has 12 nitrogen and oxygen atoms in total. The molecular weight excluding hydrogens is 424 g/mol. The molecule has 2 aliphatic rings. The third-order valence-electron chi connectivity index (χ3n) is 5.17. The van der Waals surface area contributed by atoms with Gasteiger partial charge in [-0.15, -0.1) is 0 Å². The SMILES string of the molecule is O=CN1CCN(c2nc(Nc3ccccn3)c([N+](=O)[O-])c(N3CCS(=O)CC3)n2)CC1. The van der Waals surface area contributed by atoms with Crippen LogP contribution in [0.25, 0.3) is 0 Å². The van der Waals surface area contributed by atoms with Crippen LogP contribution in [0.5, 0.6) is 0 Å². The molecule has 2 aromatic heterocycles. The van der Waals surface area contributed by atoms with E-state index in [2.05, 4.69) is 20.3 Å². The van der Waals surface area contributed by atoms with Crippen LogP contribution in [0, 0.1) is 10.1 Å². The highest BCUT2D eigenvalue weighted by atomic mass is 32.2. The highest BCUT2D eigenvalue weighted by Gasteiger charge is 2.32. The fourth-order valence-electron chi connectivity index (χ4n) is 3.48. The standard InChI is InChI=1S/C18H22N8O4S/c27-13-23-5-7-25(8-6-23)18-21-16(20-14-3-1-2-4-19-14)15(26(28)29)17(22-18)24-9-11-31(30)12-10-24/h1-4,13H,5-12H2,(H,19,20,21,22). The van der Waals surface area contributed by atoms with Crippen LogP contribution in [0.4, 0.5) is 29.1 Å². The molecule has 0 radical (unpaired) electrons. The number of rotatable bonds is 6. The Kier molecular flexibility index (Phi) is 6.21. The molecule has 2 saturated heterocycles. The van der Waals surface area contributed by atoms with Crippen LogP contribution in [-0.4, -0.2) is 86.2 Å². The predicted molar refractivity (Wildman–Crippen MR) is 116 cm³/mol. The van der Waals surface area contributed by atoms with Crippen LogP contribution in [-0.2, 0) is 15.6 Å². The number of aromatic nitrogens is 3. The molecule has 2 aromatic rings. The Morgan fingerprint density at radius 1 is 1.06 bits per heavy atom. The maximum absolute atomic E-state index is 12.0. The number of nitro groups is 1. The molecule has 0 bridgehead atoms. The van der Waals surface area contributed by atoms with Crippen molar-refractivity contribution in [2.75, 3.05) is 65.9 Å². The number of hydrogen-bond acceptors (Lipinski definition) is 10. The molecule has 1 amide bonds. The Hall–Kier alpha value is -3.35. The maximum Gasteiger partial charge on any atom is 0.353 e. The van der Waals surface area contributed by atoms with E-state index >= 15 is 0 Å². The van der Waals surface area contributed by atoms with E-state index in [-0.39, 0.29) is 17.3 Å². The van der Waals surface area contributed by atoms with E-state index < -0.39 is 15.7 Å². The van der Waals surface area contributed by atoms with Gasteiger partial charge in [-0.25, -0.2) is 4.98 Å². The van der Waals surface area contributed by atoms with Crippen LogP contribution < -0.4 is 15.1 Å². The molecule has 4 heterocycles. The van der Waals surface area contributed by atoms with E-state index in [9.17, 15) is 19.1 Å². The van der Waals surface area contributed by atoms with Gasteiger partial charge in [-0.1, -0.05) is 6.07 Å². The summed E-state index contributed by atoms with van der Waals surface area (Å²) in [4.78, 5) is 41.1. The molecule has 164 valence electrons. The van der Waals surface area contributed by atoms with E-state index in [1.807, 2.05) is 4.90 Å². The first kappa shape index (κ1) is 20.9. The highest BCUT2D eigenvalue weighted by molar-refractivity contribution is 7.85. The van der Waals surface area contributed by atoms with Crippen LogP contribution in [0.1, 0.15) is 0 Å². The lowest BCUT2D eigenvalue weighted by atomic mass is 10.3. The van der Waals surface area contributed by atoms with E-state index in [0.717, 1.165) is 6.41 Å². The van der Waals surface area contributed by atoms with Gasteiger partial charge in [-0.3, -0.25) is 19.1 Å². The summed E-state index contributed by atoms with van der Waals surface area (Å²) >= 11 is 0. The number of nitrogens with zero attached hydrogens (tertiary/aromatic N) is 7. The molecule has 2 aliphatic heterocycles. The third-order valence-corrected chi connectivity index (χ3v) is 6.45. The molecule has 2 fully saturated rings. The Balaban J connectivity index is 1.75. The molecule has 0 aliphatic carbocycles. The van der Waals surface area contributed by atoms with Gasteiger partial charge < -0.3 is 20.0 Å². The molecule has 31 heavy (non-hydrogen) atoms. The lowest BCUT2D eigenvalue weighted by Gasteiger charge is -2.33. The zero-order chi connectivity index (χ0) is 21.8. The lowest BCUT2D eigenvalue weighted by molar-refractivity contribution is -0.383. The first-order valence-corrected chi connectivity index (χ1v) is 11.3. The van der Waals surface area contributed by atoms with Crippen LogP contribution in [0.3, 0.4) is 0 Å². The van der Waals surface area contributed by atoms with Gasteiger partial charge in [0.15, 0.2) is 0 Å². The largest absolute Gasteiger partial charge is 0.353 e. The fraction of sp³-hybridized carbons (Fsp3) is 0.444. The van der Waals surface area contributed by atoms with Crippen molar-refractivity contribution in [3.8, 4) is 0 Å². The Labute approximate surface area is 180 Å². The van der Waals surface area contributed by atoms with Crippen molar-refractivity contribution in [2.24, 2.45) is 0 Å². The van der Waals surface area contributed by atoms with Crippen molar-refractivity contribution in [3.05, 3.63) is 34.5 Å². The molecule has 4 rings (SSSR count). The van der Waals surface area contributed by atoms with Gasteiger partial charge in [0.25, 0.3) is 0 Å². The number of hydrogen-bond donors (Lipinski definition) is 1. The van der Waals surface area contributed by atoms with Crippen molar-refractivity contribution in [3.63, 3.8) is 0 Å². The van der Waals surface area contributed by atoms with Gasteiger partial charge in [0.1, 0.15) is 5.82 Å². The van der Waals surface area contributed by atoms with Gasteiger partial charge in [0, 0.05) is 67.8 Å². The van der Waals surface area contributed by atoms with Gasteiger partial charge in [-0.2, -0.15) is 9.97 Å². The van der Waals surface area contributed by atoms with E-state index in [4.69, 9.17) is 0 Å². The normalized spacial score (nSPS) is 17.5. The first-order valence-electron chi connectivity index (χ1n) is 9.84. The predicted octanol–water partition coefficient (Wildman–Crippen LogP) is 0.371. The molecule has 13 heteroatoms. The minimum atomic E-state index is -0.933. The fourth-order valence-corrected chi connectivity index (χ4v) is 4.54. The molecule has 0 unspecified atom stereocenters. The van der Waals surface area contributed by atoms with E-state index in [0.29, 0.717) is 62.5 Å². The summed E-state index contributed by atoms with van der Waals surface area (Å²) in [6, 6.07) is 5.21. The lowest BCUT2D eigenvalue weighted by Crippen LogP contribution is -2.46. The van der Waals surface area contributed by atoms with Crippen LogP contribution in [0.2, 0.25) is 0 Å². The molecule has 0 atom stereocenters. The van der Waals surface area contributed by atoms with Gasteiger partial charge in [-0.05, 0) is 12.1 Å². The molecular formula is C18H22N8O4S. The second-order valence-corrected chi connectivity index (χ2v) is 8.80. The summed E-state index contributed by atoms with van der Waals surface area (Å²) < 4.78 is 11.8. The van der Waals surface area contributed by atoms with Crippen molar-refractivity contribution in [1.82, 2.24) is 19.9 Å². The summed E-state index contributed by atoms with van der Waals surface area (Å²) in [6.07, 6.45) is 2.39. The summed E-state index contributed by atoms with van der Waals surface area (Å²) in [6.45, 7) is 2.89. The molecule has 0 saturated carbocycles. The maximum atomic E-state index is 12.0. The molecule has 1 N–H and O–H groups in total. The molecule has 0 spiro atoms. The Morgan fingerprint density at radius 2 is 1.81 bits per heavy atom. The number of amides is 1. The average Bonchev–Trinajstić information content (AvgIpc) is 2.79. The second kappa shape index (κ2) is 9.20. The number of carbonyl (C=O) groups is 1. The zero-order valence-electron chi connectivity index (χ0n) is 16.7. The van der Waals surface area contributed by atoms with Crippen LogP contribution >= 0.6 is 0 Å². The van der Waals surface area contributed by atoms with E-state index in [1.165, 1.54) is 0 Å². The second-order valence-electron chi connectivity index (χ2n) is 7.11. The van der Waals surface area contributed by atoms with E-state index in [1.54, 1.807) is 34.2 Å². The quantitative estimate of drug-likeness (QED) is 0.376. The monoisotopic (exact) mass is 446 g/mol. The minimum absolute atomic E-state index is 0.0493. The average molecular weight is 446 g/mol. The summed E-state index contributed by atoms with van der Waals surface area (Å²) in [5.41, 5.74) is -0.242. The minimum Gasteiger partial charge on any atom is -0.349 e. The third kappa shape index (κ3) is 4.71. The Bertz CT molecular complexity index is 974.